The van der Waals surface area contributed by atoms with E-state index in [1.54, 1.807) is 0 Å². The van der Waals surface area contributed by atoms with Gasteiger partial charge in [0, 0.05) is 23.7 Å². The first-order valence-electron chi connectivity index (χ1n) is 10.1. The quantitative estimate of drug-likeness (QED) is 0.792. The minimum atomic E-state index is -0.0611. The first-order valence-corrected chi connectivity index (χ1v) is 10.1. The topological polar surface area (TPSA) is 75.2 Å². The molecule has 0 amide bonds. The number of likely N-dealkylation sites (tertiary alicyclic amines) is 1. The number of nitrogens with zero attached hydrogens (tertiary/aromatic N) is 3. The first kappa shape index (κ1) is 20.3. The van der Waals surface area contributed by atoms with Crippen LogP contribution in [0.3, 0.4) is 0 Å². The molecule has 148 valence electrons. The summed E-state index contributed by atoms with van der Waals surface area (Å²) in [5.41, 5.74) is 8.45. The highest BCUT2D eigenvalue weighted by molar-refractivity contribution is 5.33. The Morgan fingerprint density at radius 1 is 1.21 bits per heavy atom. The number of piperidine rings is 1. The van der Waals surface area contributed by atoms with Crippen LogP contribution < -0.4 is 10.5 Å². The summed E-state index contributed by atoms with van der Waals surface area (Å²) in [6.07, 6.45) is 3.12. The molecule has 2 atom stereocenters. The van der Waals surface area contributed by atoms with Crippen LogP contribution in [-0.2, 0) is 0 Å². The van der Waals surface area contributed by atoms with Gasteiger partial charge in [-0.3, -0.25) is 0 Å². The van der Waals surface area contributed by atoms with Crippen LogP contribution in [0.15, 0.2) is 42.5 Å². The monoisotopic (exact) mass is 378 g/mol. The van der Waals surface area contributed by atoms with Gasteiger partial charge >= 0.3 is 0 Å². The minimum Gasteiger partial charge on any atom is -0.469 e. The van der Waals surface area contributed by atoms with Crippen LogP contribution in [0.25, 0.3) is 0 Å². The average Bonchev–Trinajstić information content (AvgIpc) is 2.72. The fourth-order valence-corrected chi connectivity index (χ4v) is 3.98. The zero-order valence-corrected chi connectivity index (χ0v) is 16.8. The van der Waals surface area contributed by atoms with Crippen molar-refractivity contribution in [3.05, 3.63) is 59.3 Å². The summed E-state index contributed by atoms with van der Waals surface area (Å²) in [4.78, 5) is 7.07. The van der Waals surface area contributed by atoms with Crippen LogP contribution in [0.2, 0.25) is 0 Å². The van der Waals surface area contributed by atoms with Gasteiger partial charge in [0.25, 0.3) is 0 Å². The largest absolute Gasteiger partial charge is 0.469 e. The molecular weight excluding hydrogens is 348 g/mol. The number of aromatic nitrogens is 1. The molecule has 2 aromatic rings. The highest BCUT2D eigenvalue weighted by Crippen LogP contribution is 2.35. The zero-order chi connectivity index (χ0) is 19.9. The average molecular weight is 379 g/mol. The lowest BCUT2D eigenvalue weighted by Crippen LogP contribution is -2.42. The van der Waals surface area contributed by atoms with Crippen LogP contribution in [0, 0.1) is 24.2 Å². The first-order chi connectivity index (χ1) is 13.6. The molecule has 2 heterocycles. The number of ether oxygens (including phenoxy) is 1. The lowest BCUT2D eigenvalue weighted by molar-refractivity contribution is 0.0586. The van der Waals surface area contributed by atoms with Crippen LogP contribution in [0.5, 0.6) is 5.88 Å². The standard InChI is InChI=1S/C23H30N4O/c1-17-4-3-5-22(26-17)28-23(20-8-6-19(16-25)7-9-20)21-11-14-27(15-12-21)18(2)10-13-24/h3-9,18,21,23H,10-15,24H2,1-2H3. The molecule has 28 heavy (non-hydrogen) atoms. The molecule has 2 unspecified atom stereocenters. The molecular formula is C23H30N4O. The van der Waals surface area contributed by atoms with E-state index in [4.69, 9.17) is 15.7 Å². The van der Waals surface area contributed by atoms with Crippen molar-refractivity contribution >= 4 is 0 Å². The van der Waals surface area contributed by atoms with Gasteiger partial charge in [-0.15, -0.1) is 0 Å². The van der Waals surface area contributed by atoms with Crippen LogP contribution in [-0.4, -0.2) is 35.6 Å². The van der Waals surface area contributed by atoms with Crippen molar-refractivity contribution in [1.82, 2.24) is 9.88 Å². The van der Waals surface area contributed by atoms with E-state index >= 15 is 0 Å². The van der Waals surface area contributed by atoms with Gasteiger partial charge in [0.2, 0.25) is 5.88 Å². The number of pyridine rings is 1. The highest BCUT2D eigenvalue weighted by atomic mass is 16.5. The lowest BCUT2D eigenvalue weighted by Gasteiger charge is -2.38. The zero-order valence-electron chi connectivity index (χ0n) is 16.8. The van der Waals surface area contributed by atoms with Gasteiger partial charge in [0.1, 0.15) is 6.10 Å². The third-order valence-corrected chi connectivity index (χ3v) is 5.69. The number of hydrogen-bond acceptors (Lipinski definition) is 5. The predicted octanol–water partition coefficient (Wildman–Crippen LogP) is 3.83. The number of rotatable bonds is 7. The molecule has 0 spiro atoms. The molecule has 1 fully saturated rings. The van der Waals surface area contributed by atoms with Crippen LogP contribution >= 0.6 is 0 Å². The number of nitrogens with two attached hydrogens (primary N) is 1. The Labute approximate surface area is 168 Å². The number of hydrogen-bond donors (Lipinski definition) is 1. The molecule has 5 nitrogen and oxygen atoms in total. The van der Waals surface area contributed by atoms with Gasteiger partial charge in [-0.1, -0.05) is 18.2 Å². The maximum Gasteiger partial charge on any atom is 0.214 e. The Morgan fingerprint density at radius 3 is 2.54 bits per heavy atom. The predicted molar refractivity (Wildman–Crippen MR) is 111 cm³/mol. The lowest BCUT2D eigenvalue weighted by atomic mass is 9.86. The smallest absolute Gasteiger partial charge is 0.214 e. The van der Waals surface area contributed by atoms with E-state index in [0.29, 0.717) is 23.4 Å². The van der Waals surface area contributed by atoms with Crippen molar-refractivity contribution in [2.24, 2.45) is 11.7 Å². The number of benzene rings is 1. The van der Waals surface area contributed by atoms with Gasteiger partial charge in [0.15, 0.2) is 0 Å². The second kappa shape index (κ2) is 9.68. The molecule has 1 aromatic carbocycles. The molecule has 1 saturated heterocycles. The maximum absolute atomic E-state index is 9.10. The van der Waals surface area contributed by atoms with Crippen molar-refractivity contribution in [1.29, 1.82) is 5.26 Å². The van der Waals surface area contributed by atoms with Crippen molar-refractivity contribution < 1.29 is 4.74 Å². The second-order valence-corrected chi connectivity index (χ2v) is 7.69. The van der Waals surface area contributed by atoms with E-state index < -0.39 is 0 Å². The fourth-order valence-electron chi connectivity index (χ4n) is 3.98. The third-order valence-electron chi connectivity index (χ3n) is 5.69. The molecule has 0 radical (unpaired) electrons. The Balaban J connectivity index is 1.77. The molecule has 2 N–H and O–H groups in total. The van der Waals surface area contributed by atoms with E-state index in [1.165, 1.54) is 0 Å². The van der Waals surface area contributed by atoms with E-state index in [9.17, 15) is 0 Å². The van der Waals surface area contributed by atoms with Crippen LogP contribution in [0.4, 0.5) is 0 Å². The Morgan fingerprint density at radius 2 is 1.93 bits per heavy atom. The molecule has 5 heteroatoms. The summed E-state index contributed by atoms with van der Waals surface area (Å²) in [6, 6.07) is 16.4. The number of aryl methyl sites for hydroxylation is 1. The maximum atomic E-state index is 9.10. The van der Waals surface area contributed by atoms with Gasteiger partial charge in [0.05, 0.1) is 11.6 Å². The molecule has 1 aliphatic rings. The molecule has 0 bridgehead atoms. The van der Waals surface area contributed by atoms with Crippen molar-refractivity contribution in [2.75, 3.05) is 19.6 Å². The molecule has 1 aliphatic heterocycles. The van der Waals surface area contributed by atoms with E-state index in [1.807, 2.05) is 49.4 Å². The minimum absolute atomic E-state index is 0.0611. The van der Waals surface area contributed by atoms with Gasteiger partial charge in [-0.25, -0.2) is 4.98 Å². The summed E-state index contributed by atoms with van der Waals surface area (Å²) >= 11 is 0. The van der Waals surface area contributed by atoms with Gasteiger partial charge in [-0.2, -0.15) is 5.26 Å². The Kier molecular flexibility index (Phi) is 7.02. The summed E-state index contributed by atoms with van der Waals surface area (Å²) < 4.78 is 6.41. The van der Waals surface area contributed by atoms with E-state index in [-0.39, 0.29) is 6.10 Å². The number of nitriles is 1. The normalized spacial score (nSPS) is 17.6. The molecule has 1 aromatic heterocycles. The molecule has 0 saturated carbocycles. The summed E-state index contributed by atoms with van der Waals surface area (Å²) in [5.74, 6) is 1.07. The molecule has 0 aliphatic carbocycles. The van der Waals surface area contributed by atoms with Gasteiger partial charge < -0.3 is 15.4 Å². The summed E-state index contributed by atoms with van der Waals surface area (Å²) in [7, 11) is 0. The third kappa shape index (κ3) is 5.09. The van der Waals surface area contributed by atoms with Crippen molar-refractivity contribution in [2.45, 2.75) is 45.3 Å². The second-order valence-electron chi connectivity index (χ2n) is 7.69. The highest BCUT2D eigenvalue weighted by Gasteiger charge is 2.31. The van der Waals surface area contributed by atoms with E-state index in [2.05, 4.69) is 22.9 Å². The summed E-state index contributed by atoms with van der Waals surface area (Å²) in [5, 5.41) is 9.10. The van der Waals surface area contributed by atoms with Crippen molar-refractivity contribution in [3.8, 4) is 11.9 Å². The molecule has 3 rings (SSSR count). The Hall–Kier alpha value is -2.42. The van der Waals surface area contributed by atoms with Crippen molar-refractivity contribution in [3.63, 3.8) is 0 Å². The fraction of sp³-hybridized carbons (Fsp3) is 0.478. The van der Waals surface area contributed by atoms with Gasteiger partial charge in [-0.05, 0) is 76.5 Å². The Bertz CT molecular complexity index is 791. The van der Waals surface area contributed by atoms with E-state index in [0.717, 1.165) is 50.2 Å². The van der Waals surface area contributed by atoms with Crippen LogP contribution in [0.1, 0.15) is 49.1 Å². The SMILES string of the molecule is Cc1cccc(OC(c2ccc(C#N)cc2)C2CCN(C(C)CCN)CC2)n1. The summed E-state index contributed by atoms with van der Waals surface area (Å²) in [6.45, 7) is 7.09.